The third kappa shape index (κ3) is 8.14. The van der Waals surface area contributed by atoms with Crippen molar-refractivity contribution in [1.82, 2.24) is 19.6 Å². The van der Waals surface area contributed by atoms with Crippen molar-refractivity contribution < 1.29 is 9.59 Å². The molecular weight excluding hydrogens is 1060 g/mol. The average Bonchev–Trinajstić information content (AvgIpc) is 4.16. The molecule has 22 heteroatoms. The van der Waals surface area contributed by atoms with Crippen LogP contribution < -0.4 is 0 Å². The summed E-state index contributed by atoms with van der Waals surface area (Å²) in [5.41, 5.74) is -0.647. The largest absolute Gasteiger partial charge is 0.325 e. The molecule has 8 heterocycles. The zero-order valence-electron chi connectivity index (χ0n) is 34.6. The van der Waals surface area contributed by atoms with E-state index >= 15 is 9.59 Å². The summed E-state index contributed by atoms with van der Waals surface area (Å²) in [4.78, 5) is 44.0. The Morgan fingerprint density at radius 1 is 0.424 bits per heavy atom. The number of hydrogen-bond acceptors (Lipinski definition) is 18. The van der Waals surface area contributed by atoms with Crippen LogP contribution in [0.25, 0.3) is 0 Å². The standard InChI is InChI=1S/C44H34N8O2S12/c45-15-7-19-55-33-34(56-20-8-16-46)64-39(63-33)37-59-29-23-49-41(53)51-25-31-32(62-38(61-31)40-65-35(57-21-9-17-47)36(66-40)58-22-10-18-48)26-52-42(54)50(24-30(29)60-37)43(49,27-11-3-1-4-12-27)44(51,52)28-13-5-2-6-14-28/h1-6,11-14H,7-10,19-26H2. The summed E-state index contributed by atoms with van der Waals surface area (Å²) in [7, 11) is 0. The average molecular weight is 1090 g/mol. The molecule has 0 radical (unpaired) electrons. The van der Waals surface area contributed by atoms with Gasteiger partial charge in [-0.15, -0.1) is 47.0 Å². The number of hydrogen-bond donors (Lipinski definition) is 0. The molecule has 0 unspecified atom stereocenters. The molecule has 10 nitrogen and oxygen atoms in total. The van der Waals surface area contributed by atoms with Gasteiger partial charge in [0.05, 0.1) is 84.4 Å². The Bertz CT molecular complexity index is 2450. The molecule has 0 saturated carbocycles. The molecule has 0 bridgehead atoms. The summed E-state index contributed by atoms with van der Waals surface area (Å²) in [6.07, 6.45) is 1.82. The molecule has 0 atom stereocenters. The minimum atomic E-state index is -1.21. The molecule has 0 spiro atoms. The lowest BCUT2D eigenvalue weighted by Crippen LogP contribution is -2.63. The van der Waals surface area contributed by atoms with Crippen LogP contribution in [0.15, 0.2) is 114 Å². The molecule has 8 aliphatic heterocycles. The SMILES string of the molecule is N#CCCSC1=C(SCCC#N)SC(=C2SC3=C(CN4C(=O)N5CC6=C(CN7C(=O)N(C3)C4(c3ccccc3)C75c3ccccc3)SC(=C3SC(SCCC#N)=C(SCCC#N)S3)S6)S2)S1. The van der Waals surface area contributed by atoms with E-state index in [4.69, 9.17) is 0 Å². The number of nitriles is 4. The topological polar surface area (TPSA) is 142 Å². The van der Waals surface area contributed by atoms with E-state index < -0.39 is 11.3 Å². The fourth-order valence-electron chi connectivity index (χ4n) is 8.75. The van der Waals surface area contributed by atoms with Gasteiger partial charge < -0.3 is 0 Å². The van der Waals surface area contributed by atoms with Crippen molar-refractivity contribution in [1.29, 1.82) is 21.0 Å². The highest BCUT2D eigenvalue weighted by atomic mass is 32.3. The van der Waals surface area contributed by atoms with Crippen LogP contribution in [0.1, 0.15) is 36.8 Å². The third-order valence-corrected chi connectivity index (χ3v) is 28.6. The first-order valence-corrected chi connectivity index (χ1v) is 31.0. The lowest BCUT2D eigenvalue weighted by atomic mass is 9.79. The van der Waals surface area contributed by atoms with E-state index in [1.54, 1.807) is 141 Å². The van der Waals surface area contributed by atoms with Gasteiger partial charge in [-0.2, -0.15) is 21.0 Å². The maximum Gasteiger partial charge on any atom is 0.325 e. The first-order valence-electron chi connectivity index (χ1n) is 20.5. The highest BCUT2D eigenvalue weighted by Crippen LogP contribution is 2.71. The normalized spacial score (nSPS) is 24.3. The van der Waals surface area contributed by atoms with E-state index in [0.717, 1.165) is 64.6 Å². The molecule has 0 N–H and O–H groups in total. The quantitative estimate of drug-likeness (QED) is 0.165. The summed E-state index contributed by atoms with van der Waals surface area (Å²) >= 11 is 20.5. The van der Waals surface area contributed by atoms with Crippen molar-refractivity contribution in [2.75, 3.05) is 49.2 Å². The molecule has 2 aromatic carbocycles. The van der Waals surface area contributed by atoms with Gasteiger partial charge in [0, 0.05) is 79.4 Å². The molecule has 334 valence electrons. The maximum atomic E-state index is 15.9. The van der Waals surface area contributed by atoms with E-state index in [1.807, 2.05) is 56.0 Å². The summed E-state index contributed by atoms with van der Waals surface area (Å²) in [5.74, 6) is 2.79. The molecule has 10 rings (SSSR count). The fraction of sp³-hybridized carbons (Fsp3) is 0.318. The molecule has 0 aliphatic carbocycles. The predicted molar refractivity (Wildman–Crippen MR) is 287 cm³/mol. The van der Waals surface area contributed by atoms with E-state index in [2.05, 4.69) is 48.5 Å². The van der Waals surface area contributed by atoms with Crippen molar-refractivity contribution in [3.05, 3.63) is 125 Å². The van der Waals surface area contributed by atoms with Gasteiger partial charge in [-0.3, -0.25) is 19.6 Å². The first kappa shape index (κ1) is 47.3. The van der Waals surface area contributed by atoms with Crippen LogP contribution in [0.3, 0.4) is 0 Å². The number of nitrogens with zero attached hydrogens (tertiary/aromatic N) is 8. The Morgan fingerprint density at radius 2 is 0.682 bits per heavy atom. The second-order valence-electron chi connectivity index (χ2n) is 14.8. The second kappa shape index (κ2) is 20.5. The maximum absolute atomic E-state index is 15.9. The van der Waals surface area contributed by atoms with Crippen LogP contribution in [0.2, 0.25) is 0 Å². The smallest absolute Gasteiger partial charge is 0.288 e. The van der Waals surface area contributed by atoms with Gasteiger partial charge in [0.2, 0.25) is 0 Å². The number of carbonyl (C=O) groups is 2. The number of urea groups is 2. The Labute approximate surface area is 434 Å². The summed E-state index contributed by atoms with van der Waals surface area (Å²) in [6, 6.07) is 29.1. The van der Waals surface area contributed by atoms with Gasteiger partial charge in [0.25, 0.3) is 0 Å². The van der Waals surface area contributed by atoms with Crippen LogP contribution in [-0.4, -0.2) is 80.9 Å². The Morgan fingerprint density at radius 3 is 0.939 bits per heavy atom. The van der Waals surface area contributed by atoms with Crippen molar-refractivity contribution in [3.8, 4) is 24.3 Å². The highest BCUT2D eigenvalue weighted by Gasteiger charge is 2.81. The van der Waals surface area contributed by atoms with E-state index in [1.165, 1.54) is 0 Å². The molecule has 4 amide bonds. The van der Waals surface area contributed by atoms with E-state index in [0.29, 0.717) is 74.9 Å². The monoisotopic (exact) mass is 1090 g/mol. The van der Waals surface area contributed by atoms with Gasteiger partial charge in [-0.1, -0.05) is 155 Å². The minimum absolute atomic E-state index is 0.122. The van der Waals surface area contributed by atoms with Crippen molar-refractivity contribution in [2.24, 2.45) is 0 Å². The Balaban J connectivity index is 1.01. The van der Waals surface area contributed by atoms with Crippen LogP contribution in [0.4, 0.5) is 9.59 Å². The van der Waals surface area contributed by atoms with Crippen LogP contribution >= 0.6 is 141 Å². The molecular formula is C44H34N8O2S12. The molecule has 2 aromatic rings. The molecule has 0 aromatic heterocycles. The predicted octanol–water partition coefficient (Wildman–Crippen LogP) is 13.6. The Kier molecular flexibility index (Phi) is 14.7. The van der Waals surface area contributed by atoms with Gasteiger partial charge in [0.1, 0.15) is 0 Å². The highest BCUT2D eigenvalue weighted by molar-refractivity contribution is 8.43. The van der Waals surface area contributed by atoms with Crippen molar-refractivity contribution >= 4 is 153 Å². The van der Waals surface area contributed by atoms with Crippen LogP contribution in [0, 0.1) is 45.3 Å². The third-order valence-electron chi connectivity index (χ3n) is 11.2. The number of benzene rings is 2. The van der Waals surface area contributed by atoms with Gasteiger partial charge in [-0.25, -0.2) is 9.59 Å². The van der Waals surface area contributed by atoms with E-state index in [-0.39, 0.29) is 12.1 Å². The summed E-state index contributed by atoms with van der Waals surface area (Å²) in [6.45, 7) is 1.32. The molecule has 2 fully saturated rings. The number of thioether (sulfide) groups is 12. The van der Waals surface area contributed by atoms with Crippen molar-refractivity contribution in [2.45, 2.75) is 37.0 Å². The Hall–Kier alpha value is -2.42. The minimum Gasteiger partial charge on any atom is -0.288 e. The van der Waals surface area contributed by atoms with Gasteiger partial charge in [-0.05, 0) is 0 Å². The van der Waals surface area contributed by atoms with Gasteiger partial charge >= 0.3 is 12.1 Å². The lowest BCUT2D eigenvalue weighted by Gasteiger charge is -2.49. The zero-order valence-corrected chi connectivity index (χ0v) is 44.3. The first-order chi connectivity index (χ1) is 32.4. The lowest BCUT2D eigenvalue weighted by molar-refractivity contribution is -0.0613. The zero-order chi connectivity index (χ0) is 45.4. The van der Waals surface area contributed by atoms with Gasteiger partial charge in [0.15, 0.2) is 11.3 Å². The fourth-order valence-corrected chi connectivity index (χ4v) is 26.2. The number of amides is 4. The molecule has 2 saturated heterocycles. The molecule has 8 aliphatic rings. The van der Waals surface area contributed by atoms with Crippen molar-refractivity contribution in [3.63, 3.8) is 0 Å². The summed E-state index contributed by atoms with van der Waals surface area (Å²) in [5, 5.41) is 37.0. The number of carbonyl (C=O) groups excluding carboxylic acids is 2. The summed E-state index contributed by atoms with van der Waals surface area (Å²) < 4.78 is 9.22. The second-order valence-corrected chi connectivity index (χ2v) is 29.8. The van der Waals surface area contributed by atoms with Crippen LogP contribution in [-0.2, 0) is 11.3 Å². The molecule has 66 heavy (non-hydrogen) atoms. The number of rotatable bonds is 14. The van der Waals surface area contributed by atoms with Crippen LogP contribution in [0.5, 0.6) is 0 Å². The van der Waals surface area contributed by atoms with E-state index in [9.17, 15) is 21.0 Å².